The Bertz CT molecular complexity index is 479. The molecule has 0 bridgehead atoms. The number of hydrogen-bond acceptors (Lipinski definition) is 5. The van der Waals surface area contributed by atoms with Gasteiger partial charge < -0.3 is 20.9 Å². The Kier molecular flexibility index (Phi) is 4.81. The molecule has 0 spiro atoms. The standard InChI is InChI=1S/C14H21N3O3/c1-20-11-4-5-13(12(15)7-11)16-14(19)8-17-6-2-3-10(17)9-18/h4-5,7,10,18H,2-3,6,8-9,15H2,1H3,(H,16,19). The first-order valence-corrected chi connectivity index (χ1v) is 6.72. The van der Waals surface area contributed by atoms with Crippen molar-refractivity contribution in [3.05, 3.63) is 18.2 Å². The Hall–Kier alpha value is -1.79. The molecule has 1 saturated heterocycles. The Balaban J connectivity index is 1.94. The molecule has 4 N–H and O–H groups in total. The normalized spacial score (nSPS) is 19.0. The third-order valence-electron chi connectivity index (χ3n) is 3.59. The molecule has 20 heavy (non-hydrogen) atoms. The third-order valence-corrected chi connectivity index (χ3v) is 3.59. The number of nitrogen functional groups attached to an aromatic ring is 1. The molecule has 6 heteroatoms. The van der Waals surface area contributed by atoms with E-state index in [1.54, 1.807) is 25.3 Å². The van der Waals surface area contributed by atoms with Crippen molar-refractivity contribution in [2.24, 2.45) is 0 Å². The molecule has 6 nitrogen and oxygen atoms in total. The van der Waals surface area contributed by atoms with Crippen LogP contribution in [-0.4, -0.2) is 48.8 Å². The molecule has 1 aromatic carbocycles. The number of nitrogens with one attached hydrogen (secondary N) is 1. The summed E-state index contributed by atoms with van der Waals surface area (Å²) < 4.78 is 5.06. The zero-order chi connectivity index (χ0) is 14.5. The van der Waals surface area contributed by atoms with E-state index in [0.717, 1.165) is 19.4 Å². The van der Waals surface area contributed by atoms with Crippen LogP contribution in [0.4, 0.5) is 11.4 Å². The molecule has 1 aromatic rings. The fourth-order valence-corrected chi connectivity index (χ4v) is 2.47. The maximum absolute atomic E-state index is 12.0. The van der Waals surface area contributed by atoms with E-state index in [2.05, 4.69) is 5.32 Å². The lowest BCUT2D eigenvalue weighted by atomic mass is 10.2. The lowest BCUT2D eigenvalue weighted by molar-refractivity contribution is -0.117. The predicted octanol–water partition coefficient (Wildman–Crippen LogP) is 0.673. The van der Waals surface area contributed by atoms with Crippen molar-refractivity contribution in [3.8, 4) is 5.75 Å². The summed E-state index contributed by atoms with van der Waals surface area (Å²) >= 11 is 0. The molecule has 0 radical (unpaired) electrons. The average molecular weight is 279 g/mol. The van der Waals surface area contributed by atoms with Crippen LogP contribution in [0.2, 0.25) is 0 Å². The Labute approximate surface area is 118 Å². The van der Waals surface area contributed by atoms with Crippen molar-refractivity contribution in [1.82, 2.24) is 4.90 Å². The van der Waals surface area contributed by atoms with E-state index in [4.69, 9.17) is 10.5 Å². The minimum absolute atomic E-state index is 0.0916. The van der Waals surface area contributed by atoms with Crippen LogP contribution in [0.3, 0.4) is 0 Å². The van der Waals surface area contributed by atoms with Crippen molar-refractivity contribution < 1.29 is 14.6 Å². The second-order valence-electron chi connectivity index (χ2n) is 4.95. The monoisotopic (exact) mass is 279 g/mol. The molecular weight excluding hydrogens is 258 g/mol. The highest BCUT2D eigenvalue weighted by atomic mass is 16.5. The quantitative estimate of drug-likeness (QED) is 0.690. The third kappa shape index (κ3) is 3.40. The van der Waals surface area contributed by atoms with E-state index < -0.39 is 0 Å². The van der Waals surface area contributed by atoms with Gasteiger partial charge in [0.05, 0.1) is 31.6 Å². The summed E-state index contributed by atoms with van der Waals surface area (Å²) in [6.07, 6.45) is 1.96. The maximum Gasteiger partial charge on any atom is 0.238 e. The summed E-state index contributed by atoms with van der Waals surface area (Å²) in [7, 11) is 1.56. The fourth-order valence-electron chi connectivity index (χ4n) is 2.47. The largest absolute Gasteiger partial charge is 0.497 e. The van der Waals surface area contributed by atoms with Crippen LogP contribution in [-0.2, 0) is 4.79 Å². The number of nitrogens with zero attached hydrogens (tertiary/aromatic N) is 1. The molecule has 2 rings (SSSR count). The van der Waals surface area contributed by atoms with Gasteiger partial charge in [-0.25, -0.2) is 0 Å². The number of aliphatic hydroxyl groups excluding tert-OH is 1. The Morgan fingerprint density at radius 2 is 2.40 bits per heavy atom. The van der Waals surface area contributed by atoms with Crippen molar-refractivity contribution in [3.63, 3.8) is 0 Å². The first-order valence-electron chi connectivity index (χ1n) is 6.72. The Morgan fingerprint density at radius 1 is 1.60 bits per heavy atom. The van der Waals surface area contributed by atoms with E-state index in [9.17, 15) is 9.90 Å². The molecule has 1 aliphatic heterocycles. The van der Waals surface area contributed by atoms with Gasteiger partial charge in [0.25, 0.3) is 0 Å². The Morgan fingerprint density at radius 3 is 3.05 bits per heavy atom. The summed E-state index contributed by atoms with van der Waals surface area (Å²) in [5, 5.41) is 12.0. The van der Waals surface area contributed by atoms with Gasteiger partial charge in [0, 0.05) is 12.1 Å². The maximum atomic E-state index is 12.0. The van der Waals surface area contributed by atoms with Gasteiger partial charge in [-0.3, -0.25) is 9.69 Å². The predicted molar refractivity (Wildman–Crippen MR) is 77.7 cm³/mol. The second kappa shape index (κ2) is 6.58. The van der Waals surface area contributed by atoms with Crippen LogP contribution >= 0.6 is 0 Å². The summed E-state index contributed by atoms with van der Waals surface area (Å²) in [4.78, 5) is 14.0. The summed E-state index contributed by atoms with van der Waals surface area (Å²) in [6.45, 7) is 1.21. The summed E-state index contributed by atoms with van der Waals surface area (Å²) in [6, 6.07) is 5.23. The number of carbonyl (C=O) groups excluding carboxylic acids is 1. The van der Waals surface area contributed by atoms with Gasteiger partial charge in [-0.2, -0.15) is 0 Å². The van der Waals surface area contributed by atoms with E-state index in [-0.39, 0.29) is 25.1 Å². The highest BCUT2D eigenvalue weighted by Gasteiger charge is 2.25. The molecule has 0 saturated carbocycles. The summed E-state index contributed by atoms with van der Waals surface area (Å²) in [5.74, 6) is 0.530. The SMILES string of the molecule is COc1ccc(NC(=O)CN2CCCC2CO)c(N)c1. The fraction of sp³-hybridized carbons (Fsp3) is 0.500. The highest BCUT2D eigenvalue weighted by Crippen LogP contribution is 2.24. The minimum atomic E-state index is -0.123. The highest BCUT2D eigenvalue weighted by molar-refractivity contribution is 5.95. The number of methoxy groups -OCH3 is 1. The van der Waals surface area contributed by atoms with Crippen molar-refractivity contribution >= 4 is 17.3 Å². The van der Waals surface area contributed by atoms with Gasteiger partial charge in [0.2, 0.25) is 5.91 Å². The molecule has 0 aromatic heterocycles. The number of carbonyl (C=O) groups is 1. The van der Waals surface area contributed by atoms with Crippen molar-refractivity contribution in [2.45, 2.75) is 18.9 Å². The average Bonchev–Trinajstić information content (AvgIpc) is 2.88. The van der Waals surface area contributed by atoms with Gasteiger partial charge in [0.15, 0.2) is 0 Å². The van der Waals surface area contributed by atoms with Crippen LogP contribution < -0.4 is 15.8 Å². The number of benzene rings is 1. The number of rotatable bonds is 5. The lowest BCUT2D eigenvalue weighted by Gasteiger charge is -2.22. The van der Waals surface area contributed by atoms with Crippen molar-refractivity contribution in [1.29, 1.82) is 0 Å². The van der Waals surface area contributed by atoms with Crippen LogP contribution in [0, 0.1) is 0 Å². The number of hydrogen-bond donors (Lipinski definition) is 3. The number of ether oxygens (including phenoxy) is 1. The van der Waals surface area contributed by atoms with Crippen LogP contribution in [0.1, 0.15) is 12.8 Å². The van der Waals surface area contributed by atoms with Gasteiger partial charge >= 0.3 is 0 Å². The first kappa shape index (κ1) is 14.6. The smallest absolute Gasteiger partial charge is 0.238 e. The first-order chi connectivity index (χ1) is 9.63. The molecule has 1 amide bonds. The van der Waals surface area contributed by atoms with E-state index in [1.165, 1.54) is 0 Å². The lowest BCUT2D eigenvalue weighted by Crippen LogP contribution is -2.38. The number of likely N-dealkylation sites (tertiary alicyclic amines) is 1. The zero-order valence-corrected chi connectivity index (χ0v) is 11.6. The van der Waals surface area contributed by atoms with Gasteiger partial charge in [-0.05, 0) is 31.5 Å². The van der Waals surface area contributed by atoms with Gasteiger partial charge in [0.1, 0.15) is 5.75 Å². The van der Waals surface area contributed by atoms with E-state index in [0.29, 0.717) is 17.1 Å². The minimum Gasteiger partial charge on any atom is -0.497 e. The molecule has 110 valence electrons. The number of aliphatic hydroxyl groups is 1. The van der Waals surface area contributed by atoms with Crippen LogP contribution in [0.15, 0.2) is 18.2 Å². The number of amides is 1. The molecule has 1 atom stereocenters. The van der Waals surface area contributed by atoms with Crippen LogP contribution in [0.25, 0.3) is 0 Å². The molecular formula is C14H21N3O3. The molecule has 1 fully saturated rings. The topological polar surface area (TPSA) is 87.8 Å². The summed E-state index contributed by atoms with van der Waals surface area (Å²) in [5.41, 5.74) is 6.91. The molecule has 0 aliphatic carbocycles. The van der Waals surface area contributed by atoms with E-state index >= 15 is 0 Å². The zero-order valence-electron chi connectivity index (χ0n) is 11.6. The number of anilines is 2. The van der Waals surface area contributed by atoms with Gasteiger partial charge in [-0.15, -0.1) is 0 Å². The molecule has 1 aliphatic rings. The molecule has 1 unspecified atom stereocenters. The van der Waals surface area contributed by atoms with Gasteiger partial charge in [-0.1, -0.05) is 0 Å². The molecule has 1 heterocycles. The van der Waals surface area contributed by atoms with Crippen LogP contribution in [0.5, 0.6) is 5.75 Å². The number of nitrogens with two attached hydrogens (primary N) is 1. The second-order valence-corrected chi connectivity index (χ2v) is 4.95. The van der Waals surface area contributed by atoms with Crippen molar-refractivity contribution in [2.75, 3.05) is 37.9 Å². The van der Waals surface area contributed by atoms with E-state index in [1.807, 2.05) is 4.90 Å².